The molecule has 2 heterocycles. The molecule has 2 aromatic carbocycles. The molecule has 10 heteroatoms. The molecule has 0 unspecified atom stereocenters. The highest BCUT2D eigenvalue weighted by Gasteiger charge is 2.59. The van der Waals surface area contributed by atoms with E-state index in [0.29, 0.717) is 58.7 Å². The number of nitrogens with zero attached hydrogens (tertiary/aromatic N) is 3. The molecule has 226 valence electrons. The van der Waals surface area contributed by atoms with E-state index < -0.39 is 17.8 Å². The summed E-state index contributed by atoms with van der Waals surface area (Å²) in [4.78, 5) is 23.7. The van der Waals surface area contributed by atoms with Crippen LogP contribution in [0.25, 0.3) is 22.0 Å². The number of benzene rings is 2. The first-order chi connectivity index (χ1) is 20.6. The number of hydrogen-bond acceptors (Lipinski definition) is 6. The van der Waals surface area contributed by atoms with Gasteiger partial charge in [0.2, 0.25) is 0 Å². The molecular formula is C33H36FN3O6. The summed E-state index contributed by atoms with van der Waals surface area (Å²) in [6.45, 7) is 3.96. The van der Waals surface area contributed by atoms with Crippen molar-refractivity contribution in [2.24, 2.45) is 13.0 Å². The normalized spacial score (nSPS) is 18.8. The van der Waals surface area contributed by atoms with E-state index >= 15 is 4.39 Å². The Morgan fingerprint density at radius 2 is 1.81 bits per heavy atom. The van der Waals surface area contributed by atoms with Crippen molar-refractivity contribution < 1.29 is 33.3 Å². The zero-order valence-electron chi connectivity index (χ0n) is 24.9. The summed E-state index contributed by atoms with van der Waals surface area (Å²) in [5, 5.41) is 15.8. The van der Waals surface area contributed by atoms with Crippen molar-refractivity contribution in [3.05, 3.63) is 70.4 Å². The summed E-state index contributed by atoms with van der Waals surface area (Å²) >= 11 is 0. The lowest BCUT2D eigenvalue weighted by Crippen LogP contribution is -2.60. The standard InChI is InChI=1S/C33H36FN3O6/c1-19-28(27(37(35-19)33-14-22(15-33)16-33)18-42-17-21-7-9-23(41-4)10-8-21)29-26(34)12-11-25-24(6-5-13-43-20(2)38)31(32(39)40)36(3)30(25)29/h7-12,22H,5-6,13-18H2,1-4H3,(H,39,40). The van der Waals surface area contributed by atoms with E-state index in [2.05, 4.69) is 4.68 Å². The average Bonchev–Trinajstić information content (AvgIpc) is 3.38. The summed E-state index contributed by atoms with van der Waals surface area (Å²) < 4.78 is 36.3. The number of carbonyl (C=O) groups excluding carboxylic acids is 1. The number of carboxylic acid groups (broad SMARTS) is 1. The Morgan fingerprint density at radius 3 is 2.42 bits per heavy atom. The van der Waals surface area contributed by atoms with Gasteiger partial charge in [0, 0.05) is 30.5 Å². The van der Waals surface area contributed by atoms with Gasteiger partial charge in [0.05, 0.1) is 49.4 Å². The third-order valence-electron chi connectivity index (χ3n) is 9.02. The molecule has 43 heavy (non-hydrogen) atoms. The quantitative estimate of drug-likeness (QED) is 0.162. The summed E-state index contributed by atoms with van der Waals surface area (Å²) in [7, 11) is 3.28. The molecule has 3 aliphatic carbocycles. The molecule has 2 aromatic heterocycles. The number of carbonyl (C=O) groups is 2. The van der Waals surface area contributed by atoms with Crippen LogP contribution in [0.4, 0.5) is 4.39 Å². The van der Waals surface area contributed by atoms with E-state index in [9.17, 15) is 14.7 Å². The smallest absolute Gasteiger partial charge is 0.352 e. The lowest BCUT2D eigenvalue weighted by molar-refractivity contribution is -0.141. The Kier molecular flexibility index (Phi) is 7.50. The summed E-state index contributed by atoms with van der Waals surface area (Å²) in [6, 6.07) is 10.7. The van der Waals surface area contributed by atoms with Crippen LogP contribution in [0.3, 0.4) is 0 Å². The minimum absolute atomic E-state index is 0.0703. The number of hydrogen-bond donors (Lipinski definition) is 1. The fourth-order valence-corrected chi connectivity index (χ4v) is 6.93. The first-order valence-corrected chi connectivity index (χ1v) is 14.6. The predicted molar refractivity (Wildman–Crippen MR) is 158 cm³/mol. The Bertz CT molecular complexity index is 1700. The molecule has 0 radical (unpaired) electrons. The number of aromatic nitrogens is 3. The minimum atomic E-state index is -1.10. The van der Waals surface area contributed by atoms with Crippen molar-refractivity contribution in [1.29, 1.82) is 0 Å². The third-order valence-corrected chi connectivity index (χ3v) is 9.02. The number of methoxy groups -OCH3 is 1. The van der Waals surface area contributed by atoms with Gasteiger partial charge in [-0.25, -0.2) is 9.18 Å². The Balaban J connectivity index is 1.43. The maximum atomic E-state index is 16.0. The molecule has 1 N–H and O–H groups in total. The SMILES string of the molecule is COc1ccc(COCc2c(-c3c(F)ccc4c(CCCOC(C)=O)c(C(=O)O)n(C)c34)c(C)nn2C23CC(C2)C3)cc1. The van der Waals surface area contributed by atoms with Gasteiger partial charge in [0.15, 0.2) is 0 Å². The molecular weight excluding hydrogens is 553 g/mol. The van der Waals surface area contributed by atoms with Gasteiger partial charge < -0.3 is 23.9 Å². The van der Waals surface area contributed by atoms with E-state index in [0.717, 1.165) is 36.3 Å². The van der Waals surface area contributed by atoms with Crippen LogP contribution in [0, 0.1) is 18.7 Å². The van der Waals surface area contributed by atoms with Crippen molar-refractivity contribution in [3.8, 4) is 16.9 Å². The first kappa shape index (κ1) is 28.9. The van der Waals surface area contributed by atoms with Crippen molar-refractivity contribution >= 4 is 22.8 Å². The van der Waals surface area contributed by atoms with Gasteiger partial charge >= 0.3 is 11.9 Å². The molecule has 7 rings (SSSR count). The van der Waals surface area contributed by atoms with Gasteiger partial charge in [0.1, 0.15) is 17.3 Å². The second-order valence-corrected chi connectivity index (χ2v) is 11.8. The number of fused-ring (bicyclic) bond motifs is 1. The van der Waals surface area contributed by atoms with E-state index in [1.165, 1.54) is 13.0 Å². The van der Waals surface area contributed by atoms with Crippen LogP contribution >= 0.6 is 0 Å². The molecule has 9 nitrogen and oxygen atoms in total. The zero-order chi connectivity index (χ0) is 30.5. The monoisotopic (exact) mass is 589 g/mol. The van der Waals surface area contributed by atoms with Gasteiger partial charge in [-0.15, -0.1) is 0 Å². The summed E-state index contributed by atoms with van der Waals surface area (Å²) in [5.41, 5.74) is 4.52. The lowest BCUT2D eigenvalue weighted by Gasteiger charge is -2.61. The number of aryl methyl sites for hydroxylation is 3. The number of rotatable bonds is 12. The van der Waals surface area contributed by atoms with E-state index in [4.69, 9.17) is 19.3 Å². The molecule has 2 bridgehead atoms. The highest BCUT2D eigenvalue weighted by Crippen LogP contribution is 2.63. The van der Waals surface area contributed by atoms with Gasteiger partial charge in [-0.1, -0.05) is 12.1 Å². The molecule has 3 fully saturated rings. The van der Waals surface area contributed by atoms with Crippen molar-refractivity contribution in [3.63, 3.8) is 0 Å². The third kappa shape index (κ3) is 4.97. The summed E-state index contributed by atoms with van der Waals surface area (Å²) in [5.74, 6) is -0.466. The molecule has 0 spiro atoms. The van der Waals surface area contributed by atoms with Gasteiger partial charge in [0.25, 0.3) is 0 Å². The zero-order valence-corrected chi connectivity index (χ0v) is 24.9. The Morgan fingerprint density at radius 1 is 1.09 bits per heavy atom. The van der Waals surface area contributed by atoms with Gasteiger partial charge in [-0.3, -0.25) is 9.48 Å². The van der Waals surface area contributed by atoms with E-state index in [1.54, 1.807) is 24.8 Å². The lowest BCUT2D eigenvalue weighted by atomic mass is 9.50. The maximum Gasteiger partial charge on any atom is 0.352 e. The number of ether oxygens (including phenoxy) is 3. The number of halogens is 1. The molecule has 0 atom stereocenters. The van der Waals surface area contributed by atoms with Crippen LogP contribution in [0.1, 0.15) is 65.6 Å². The van der Waals surface area contributed by atoms with Crippen molar-refractivity contribution in [2.75, 3.05) is 13.7 Å². The van der Waals surface area contributed by atoms with Crippen LogP contribution in [-0.4, -0.2) is 45.1 Å². The van der Waals surface area contributed by atoms with Gasteiger partial charge in [-0.2, -0.15) is 5.10 Å². The number of aromatic carboxylic acids is 1. The molecule has 3 saturated carbocycles. The number of esters is 1. The molecule has 3 aliphatic rings. The summed E-state index contributed by atoms with van der Waals surface area (Å²) in [6.07, 6.45) is 3.94. The predicted octanol–water partition coefficient (Wildman–Crippen LogP) is 5.92. The topological polar surface area (TPSA) is 105 Å². The molecule has 0 amide bonds. The fourth-order valence-electron chi connectivity index (χ4n) is 6.93. The second-order valence-electron chi connectivity index (χ2n) is 11.8. The second kappa shape index (κ2) is 11.1. The molecule has 0 aliphatic heterocycles. The van der Waals surface area contributed by atoms with Crippen LogP contribution in [-0.2, 0) is 46.5 Å². The molecule has 4 aromatic rings. The fraction of sp³-hybridized carbons (Fsp3) is 0.424. The van der Waals surface area contributed by atoms with Crippen molar-refractivity contribution in [2.45, 2.75) is 64.7 Å². The minimum Gasteiger partial charge on any atom is -0.497 e. The van der Waals surface area contributed by atoms with Crippen molar-refractivity contribution in [1.82, 2.24) is 14.3 Å². The average molecular weight is 590 g/mol. The van der Waals surface area contributed by atoms with Crippen LogP contribution < -0.4 is 4.74 Å². The van der Waals surface area contributed by atoms with Gasteiger partial charge in [-0.05, 0) is 80.3 Å². The maximum absolute atomic E-state index is 16.0. The molecule has 0 saturated heterocycles. The number of carboxylic acids is 1. The largest absolute Gasteiger partial charge is 0.497 e. The van der Waals surface area contributed by atoms with Crippen LogP contribution in [0.5, 0.6) is 5.75 Å². The highest BCUT2D eigenvalue weighted by molar-refractivity contribution is 6.04. The van der Waals surface area contributed by atoms with Crippen LogP contribution in [0.2, 0.25) is 0 Å². The van der Waals surface area contributed by atoms with E-state index in [1.807, 2.05) is 31.2 Å². The Hall–Kier alpha value is -4.18. The highest BCUT2D eigenvalue weighted by atomic mass is 19.1. The van der Waals surface area contributed by atoms with E-state index in [-0.39, 0.29) is 24.4 Å². The Labute approximate surface area is 249 Å². The van der Waals surface area contributed by atoms with Crippen LogP contribution in [0.15, 0.2) is 36.4 Å². The first-order valence-electron chi connectivity index (χ1n) is 14.6.